The number of hydrogen-bond acceptors (Lipinski definition) is 3. The number of likely N-dealkylation sites (N-methyl/N-ethyl adjacent to an activating group) is 1. The second-order valence-corrected chi connectivity index (χ2v) is 7.25. The van der Waals surface area contributed by atoms with Gasteiger partial charge in [-0.1, -0.05) is 41.8 Å². The van der Waals surface area contributed by atoms with E-state index in [4.69, 9.17) is 18.0 Å². The van der Waals surface area contributed by atoms with Crippen LogP contribution in [0.1, 0.15) is 31.8 Å². The highest BCUT2D eigenvalue weighted by Gasteiger charge is 2.22. The number of halogens is 1. The Morgan fingerprint density at radius 2 is 1.65 bits per heavy atom. The van der Waals surface area contributed by atoms with Crippen LogP contribution < -0.4 is 5.32 Å². The Balaban J connectivity index is 1.75. The van der Waals surface area contributed by atoms with Gasteiger partial charge in [0, 0.05) is 34.4 Å². The first kappa shape index (κ1) is 21.8. The molecule has 6 heteroatoms. The molecule has 0 fully saturated rings. The Morgan fingerprint density at radius 1 is 0.968 bits per heavy atom. The Labute approximate surface area is 185 Å². The molecule has 3 aromatic carbocycles. The Morgan fingerprint density at radius 3 is 2.32 bits per heavy atom. The minimum atomic E-state index is -0.439. The highest BCUT2D eigenvalue weighted by atomic mass is 35.5. The number of nitrogens with zero attached hydrogens (tertiary/aromatic N) is 1. The number of amides is 2. The third-order valence-electron chi connectivity index (χ3n) is 4.55. The molecule has 0 atom stereocenters. The molecule has 0 radical (unpaired) electrons. The first-order valence-electron chi connectivity index (χ1n) is 9.40. The van der Waals surface area contributed by atoms with Gasteiger partial charge in [-0.25, -0.2) is 0 Å². The summed E-state index contributed by atoms with van der Waals surface area (Å²) in [4.78, 5) is 39.6. The van der Waals surface area contributed by atoms with Crippen LogP contribution in [0.4, 0.5) is 5.69 Å². The average Bonchev–Trinajstić information content (AvgIpc) is 2.78. The fourth-order valence-electron chi connectivity index (χ4n) is 3.00. The normalized spacial score (nSPS) is 10.1. The molecule has 1 N–H and O–H groups in total. The van der Waals surface area contributed by atoms with E-state index in [1.165, 1.54) is 11.9 Å². The smallest absolute Gasteiger partial charge is 0.254 e. The van der Waals surface area contributed by atoms with Crippen LogP contribution in [0.3, 0.4) is 0 Å². The first-order valence-corrected chi connectivity index (χ1v) is 9.78. The number of hydrogen-bond donors (Lipinski definition) is 1. The van der Waals surface area contributed by atoms with Crippen LogP contribution in [0.5, 0.6) is 0 Å². The number of rotatable bonds is 6. The van der Waals surface area contributed by atoms with Gasteiger partial charge in [0.2, 0.25) is 5.91 Å². The maximum Gasteiger partial charge on any atom is 0.254 e. The van der Waals surface area contributed by atoms with Gasteiger partial charge >= 0.3 is 0 Å². The van der Waals surface area contributed by atoms with Crippen molar-refractivity contribution in [3.8, 4) is 12.3 Å². The Bertz CT molecular complexity index is 1180. The van der Waals surface area contributed by atoms with Crippen LogP contribution in [-0.4, -0.2) is 36.1 Å². The van der Waals surface area contributed by atoms with Crippen molar-refractivity contribution in [1.29, 1.82) is 0 Å². The molecule has 0 saturated heterocycles. The number of benzene rings is 3. The standard InChI is InChI=1S/C25H19ClN2O3/c1-3-17-7-6-8-20(15-17)27-23(29)16-28(2)25(31)22-10-5-4-9-21(22)24(30)18-11-13-19(26)14-12-18/h1,4-15H,16H2,2H3,(H,27,29). The van der Waals surface area contributed by atoms with Gasteiger partial charge in [0.1, 0.15) is 0 Å². The fourth-order valence-corrected chi connectivity index (χ4v) is 3.13. The first-order chi connectivity index (χ1) is 14.9. The zero-order chi connectivity index (χ0) is 22.4. The molecular weight excluding hydrogens is 412 g/mol. The maximum atomic E-state index is 13.0. The van der Waals surface area contributed by atoms with Crippen LogP contribution in [0.2, 0.25) is 5.02 Å². The highest BCUT2D eigenvalue weighted by molar-refractivity contribution is 6.30. The lowest BCUT2D eigenvalue weighted by Gasteiger charge is -2.18. The third-order valence-corrected chi connectivity index (χ3v) is 4.80. The predicted molar refractivity (Wildman–Crippen MR) is 121 cm³/mol. The third kappa shape index (κ3) is 5.39. The van der Waals surface area contributed by atoms with Gasteiger partial charge in [0.25, 0.3) is 5.91 Å². The number of carbonyl (C=O) groups is 3. The van der Waals surface area contributed by atoms with Crippen LogP contribution >= 0.6 is 11.6 Å². The molecule has 2 amide bonds. The van der Waals surface area contributed by atoms with Gasteiger partial charge in [-0.2, -0.15) is 0 Å². The summed E-state index contributed by atoms with van der Waals surface area (Å²) in [5.74, 6) is 1.38. The summed E-state index contributed by atoms with van der Waals surface area (Å²) in [5, 5.41) is 3.23. The molecule has 3 aromatic rings. The zero-order valence-corrected chi connectivity index (χ0v) is 17.5. The molecule has 3 rings (SSSR count). The van der Waals surface area contributed by atoms with Crippen LogP contribution in [0.15, 0.2) is 72.8 Å². The minimum Gasteiger partial charge on any atom is -0.332 e. The lowest BCUT2D eigenvalue weighted by molar-refractivity contribution is -0.116. The van der Waals surface area contributed by atoms with Crippen LogP contribution in [0, 0.1) is 12.3 Å². The predicted octanol–water partition coefficient (Wildman–Crippen LogP) is 4.26. The molecule has 0 saturated carbocycles. The minimum absolute atomic E-state index is 0.192. The number of terminal acetylenes is 1. The average molecular weight is 431 g/mol. The lowest BCUT2D eigenvalue weighted by atomic mass is 9.97. The highest BCUT2D eigenvalue weighted by Crippen LogP contribution is 2.18. The number of anilines is 1. The zero-order valence-electron chi connectivity index (χ0n) is 16.8. The maximum absolute atomic E-state index is 13.0. The fraction of sp³-hybridized carbons (Fsp3) is 0.0800. The van der Waals surface area contributed by atoms with Gasteiger partial charge in [0.15, 0.2) is 5.78 Å². The van der Waals surface area contributed by atoms with Gasteiger partial charge in [0.05, 0.1) is 12.1 Å². The molecule has 5 nitrogen and oxygen atoms in total. The van der Waals surface area contributed by atoms with Crippen molar-refractivity contribution in [3.63, 3.8) is 0 Å². The SMILES string of the molecule is C#Cc1cccc(NC(=O)CN(C)C(=O)c2ccccc2C(=O)c2ccc(Cl)cc2)c1. The molecule has 154 valence electrons. The summed E-state index contributed by atoms with van der Waals surface area (Å²) in [6.07, 6.45) is 5.37. The van der Waals surface area contributed by atoms with E-state index in [0.29, 0.717) is 21.8 Å². The Kier molecular flexibility index (Phi) is 6.86. The molecule has 0 unspecified atom stereocenters. The van der Waals surface area contributed by atoms with E-state index in [0.717, 1.165) is 0 Å². The summed E-state index contributed by atoms with van der Waals surface area (Å²) in [6.45, 7) is -0.192. The molecule has 0 aliphatic heterocycles. The second kappa shape index (κ2) is 9.75. The van der Waals surface area contributed by atoms with E-state index in [-0.39, 0.29) is 29.4 Å². The van der Waals surface area contributed by atoms with E-state index in [9.17, 15) is 14.4 Å². The van der Waals surface area contributed by atoms with E-state index in [1.54, 1.807) is 72.8 Å². The summed E-state index contributed by atoms with van der Waals surface area (Å²) >= 11 is 5.89. The second-order valence-electron chi connectivity index (χ2n) is 6.82. The van der Waals surface area contributed by atoms with Crippen LogP contribution in [0.25, 0.3) is 0 Å². The molecule has 31 heavy (non-hydrogen) atoms. The molecule has 0 heterocycles. The molecule has 0 aliphatic carbocycles. The molecule has 0 aliphatic rings. The van der Waals surface area contributed by atoms with Crippen molar-refractivity contribution in [2.24, 2.45) is 0 Å². The van der Waals surface area contributed by atoms with Gasteiger partial charge in [-0.05, 0) is 48.5 Å². The topological polar surface area (TPSA) is 66.5 Å². The Hall–Kier alpha value is -3.88. The number of ketones is 1. The van der Waals surface area contributed by atoms with Gasteiger partial charge in [-0.15, -0.1) is 6.42 Å². The van der Waals surface area contributed by atoms with E-state index in [1.807, 2.05) is 0 Å². The monoisotopic (exact) mass is 430 g/mol. The number of carbonyl (C=O) groups excluding carboxylic acids is 3. The van der Waals surface area contributed by atoms with Crippen molar-refractivity contribution in [2.75, 3.05) is 18.9 Å². The largest absolute Gasteiger partial charge is 0.332 e. The van der Waals surface area contributed by atoms with Crippen molar-refractivity contribution in [2.45, 2.75) is 0 Å². The van der Waals surface area contributed by atoms with Gasteiger partial charge < -0.3 is 10.2 Å². The summed E-state index contributed by atoms with van der Waals surface area (Å²) in [5.41, 5.74) is 2.06. The van der Waals surface area contributed by atoms with Crippen molar-refractivity contribution in [3.05, 3.63) is 100 Å². The number of nitrogens with one attached hydrogen (secondary N) is 1. The molecule has 0 spiro atoms. The molecule has 0 bridgehead atoms. The van der Waals surface area contributed by atoms with E-state index >= 15 is 0 Å². The van der Waals surface area contributed by atoms with E-state index in [2.05, 4.69) is 11.2 Å². The van der Waals surface area contributed by atoms with Gasteiger partial charge in [-0.3, -0.25) is 14.4 Å². The van der Waals surface area contributed by atoms with Crippen molar-refractivity contribution < 1.29 is 14.4 Å². The quantitative estimate of drug-likeness (QED) is 0.469. The van der Waals surface area contributed by atoms with Crippen molar-refractivity contribution in [1.82, 2.24) is 4.90 Å². The summed E-state index contributed by atoms with van der Waals surface area (Å²) in [7, 11) is 1.50. The van der Waals surface area contributed by atoms with E-state index < -0.39 is 5.91 Å². The summed E-state index contributed by atoms with van der Waals surface area (Å²) < 4.78 is 0. The molecular formula is C25H19ClN2O3. The van der Waals surface area contributed by atoms with Crippen LogP contribution in [-0.2, 0) is 4.79 Å². The lowest BCUT2D eigenvalue weighted by Crippen LogP contribution is -2.35. The van der Waals surface area contributed by atoms with Crippen molar-refractivity contribution >= 4 is 34.9 Å². The summed E-state index contributed by atoms with van der Waals surface area (Å²) in [6, 6.07) is 19.8. The molecule has 0 aromatic heterocycles.